The molecule has 0 bridgehead atoms. The summed E-state index contributed by atoms with van der Waals surface area (Å²) in [4.78, 5) is 38.2. The monoisotopic (exact) mass is 568 g/mol. The molecule has 218 valence electrons. The number of amides is 1. The minimum absolute atomic E-state index is 0.0213. The van der Waals surface area contributed by atoms with E-state index in [1.165, 1.54) is 0 Å². The molecule has 0 aromatic carbocycles. The lowest BCUT2D eigenvalue weighted by atomic mass is 9.99. The van der Waals surface area contributed by atoms with Gasteiger partial charge in [-0.2, -0.15) is 0 Å². The molecule has 2 aliphatic heterocycles. The Hall–Kier alpha value is -1.39. The smallest absolute Gasteiger partial charge is 0.470 e. The highest BCUT2D eigenvalue weighted by Gasteiger charge is 2.61. The van der Waals surface area contributed by atoms with E-state index in [-0.39, 0.29) is 12.8 Å². The standard InChI is InChI=1S/C12H23O14P.C5H10N2O3/c13-1-4-6(16)8(18)9(19)11(23-4)25-12(3-15)10(26-27(20,21)22)7(17)5(2-14)24-12;6-3(5(9)10)1-2-4(7)8/h4-11,13-19H,1-3H2,(H2,20,21,22);3H,1-2,6H2,(H2,7,8)(H,9,10)/t4-,5-,6-,7-,8+,9-,10+,11-,12+;/m1./s1. The first kappa shape index (κ1) is 33.6. The lowest BCUT2D eigenvalue weighted by Crippen LogP contribution is -2.62. The van der Waals surface area contributed by atoms with Crippen LogP contribution in [0.5, 0.6) is 0 Å². The summed E-state index contributed by atoms with van der Waals surface area (Å²) in [5, 5.41) is 76.0. The Bertz CT molecular complexity index is 798. The lowest BCUT2D eigenvalue weighted by Gasteiger charge is -2.43. The Kier molecular flexibility index (Phi) is 12.8. The number of hydrogen-bond acceptors (Lipinski definition) is 15. The highest BCUT2D eigenvalue weighted by molar-refractivity contribution is 7.46. The van der Waals surface area contributed by atoms with Gasteiger partial charge in [0.25, 0.3) is 0 Å². The molecule has 2 saturated heterocycles. The molecular formula is C17H33N2O17P. The second kappa shape index (κ2) is 14.1. The molecule has 2 fully saturated rings. The predicted octanol–water partition coefficient (Wildman–Crippen LogP) is -6.61. The van der Waals surface area contributed by atoms with Crippen molar-refractivity contribution in [2.75, 3.05) is 19.8 Å². The van der Waals surface area contributed by atoms with Gasteiger partial charge in [0.15, 0.2) is 12.4 Å². The highest BCUT2D eigenvalue weighted by Crippen LogP contribution is 2.46. The second-order valence-electron chi connectivity index (χ2n) is 8.08. The second-order valence-corrected chi connectivity index (χ2v) is 9.27. The van der Waals surface area contributed by atoms with E-state index in [1.807, 2.05) is 0 Å². The molecule has 10 atom stereocenters. The summed E-state index contributed by atoms with van der Waals surface area (Å²) in [6, 6.07) is -0.979. The van der Waals surface area contributed by atoms with Crippen LogP contribution in [0.2, 0.25) is 0 Å². The molecule has 20 heteroatoms. The van der Waals surface area contributed by atoms with Crippen LogP contribution in [0, 0.1) is 0 Å². The van der Waals surface area contributed by atoms with Crippen molar-refractivity contribution in [3.63, 3.8) is 0 Å². The van der Waals surface area contributed by atoms with Crippen LogP contribution in [0.25, 0.3) is 0 Å². The maximum atomic E-state index is 11.2. The molecule has 2 heterocycles. The van der Waals surface area contributed by atoms with E-state index in [4.69, 9.17) is 40.6 Å². The number of phosphoric acid groups is 1. The predicted molar refractivity (Wildman–Crippen MR) is 114 cm³/mol. The lowest BCUT2D eigenvalue weighted by molar-refractivity contribution is -0.382. The molecule has 2 rings (SSSR count). The van der Waals surface area contributed by atoms with Crippen molar-refractivity contribution in [3.8, 4) is 0 Å². The van der Waals surface area contributed by atoms with Crippen molar-refractivity contribution < 1.29 is 83.5 Å². The molecule has 19 nitrogen and oxygen atoms in total. The van der Waals surface area contributed by atoms with Crippen LogP contribution in [-0.4, -0.2) is 143 Å². The molecule has 0 spiro atoms. The van der Waals surface area contributed by atoms with Gasteiger partial charge in [-0.25, -0.2) is 4.57 Å². The maximum Gasteiger partial charge on any atom is 0.470 e. The maximum absolute atomic E-state index is 11.2. The van der Waals surface area contributed by atoms with E-state index >= 15 is 0 Å². The van der Waals surface area contributed by atoms with Gasteiger partial charge in [-0.3, -0.25) is 14.1 Å². The number of primary amides is 1. The summed E-state index contributed by atoms with van der Waals surface area (Å²) >= 11 is 0. The van der Waals surface area contributed by atoms with Crippen LogP contribution in [-0.2, 0) is 32.9 Å². The molecule has 0 aromatic heterocycles. The Morgan fingerprint density at radius 1 is 0.973 bits per heavy atom. The number of ether oxygens (including phenoxy) is 3. The van der Waals surface area contributed by atoms with Crippen molar-refractivity contribution in [3.05, 3.63) is 0 Å². The van der Waals surface area contributed by atoms with E-state index in [1.54, 1.807) is 0 Å². The van der Waals surface area contributed by atoms with Crippen LogP contribution in [0.3, 0.4) is 0 Å². The molecule has 0 aliphatic carbocycles. The Morgan fingerprint density at radius 3 is 1.97 bits per heavy atom. The van der Waals surface area contributed by atoms with E-state index in [2.05, 4.69) is 4.52 Å². The third kappa shape index (κ3) is 9.10. The van der Waals surface area contributed by atoms with E-state index in [0.29, 0.717) is 0 Å². The Labute approximate surface area is 209 Å². The Morgan fingerprint density at radius 2 is 1.54 bits per heavy atom. The van der Waals surface area contributed by atoms with Crippen LogP contribution in [0.4, 0.5) is 0 Å². The molecular weight excluding hydrogens is 535 g/mol. The summed E-state index contributed by atoms with van der Waals surface area (Å²) in [5.41, 5.74) is 9.81. The van der Waals surface area contributed by atoms with Gasteiger partial charge >= 0.3 is 13.8 Å². The molecule has 37 heavy (non-hydrogen) atoms. The minimum atomic E-state index is -5.24. The van der Waals surface area contributed by atoms with E-state index in [9.17, 15) is 49.9 Å². The molecule has 1 amide bonds. The van der Waals surface area contributed by atoms with Gasteiger partial charge in [0.05, 0.1) is 13.2 Å². The topological polar surface area (TPSA) is 342 Å². The number of carboxylic acid groups (broad SMARTS) is 1. The number of phosphoric ester groups is 1. The summed E-state index contributed by atoms with van der Waals surface area (Å²) in [7, 11) is -5.24. The normalized spacial score (nSPS) is 36.9. The molecule has 1 unspecified atom stereocenters. The molecule has 0 saturated carbocycles. The zero-order valence-corrected chi connectivity index (χ0v) is 20.1. The molecule has 0 radical (unpaired) electrons. The molecule has 0 aromatic rings. The number of rotatable bonds is 11. The summed E-state index contributed by atoms with van der Waals surface area (Å²) < 4.78 is 31.1. The van der Waals surface area contributed by atoms with Crippen molar-refractivity contribution >= 4 is 19.7 Å². The number of aliphatic hydroxyl groups is 7. The summed E-state index contributed by atoms with van der Waals surface area (Å²) in [5.74, 6) is -4.17. The fourth-order valence-corrected chi connectivity index (χ4v) is 3.91. The van der Waals surface area contributed by atoms with Gasteiger partial charge in [0, 0.05) is 6.42 Å². The zero-order valence-electron chi connectivity index (χ0n) is 19.2. The van der Waals surface area contributed by atoms with Crippen LogP contribution >= 0.6 is 7.82 Å². The zero-order chi connectivity index (χ0) is 28.7. The van der Waals surface area contributed by atoms with Gasteiger partial charge in [-0.05, 0) is 6.42 Å². The number of hydrogen-bond donors (Lipinski definition) is 12. The summed E-state index contributed by atoms with van der Waals surface area (Å²) in [6.45, 7) is -2.82. The van der Waals surface area contributed by atoms with Gasteiger partial charge in [0.2, 0.25) is 11.7 Å². The molecule has 2 aliphatic rings. The quantitative estimate of drug-likeness (QED) is 0.103. The van der Waals surface area contributed by atoms with Crippen LogP contribution in [0.15, 0.2) is 0 Å². The fraction of sp³-hybridized carbons (Fsp3) is 0.882. The number of carbonyl (C=O) groups is 2. The van der Waals surface area contributed by atoms with E-state index < -0.39 is 100 Å². The highest BCUT2D eigenvalue weighted by atomic mass is 31.2. The van der Waals surface area contributed by atoms with Crippen molar-refractivity contribution in [1.29, 1.82) is 0 Å². The van der Waals surface area contributed by atoms with Crippen LogP contribution < -0.4 is 11.5 Å². The van der Waals surface area contributed by atoms with Crippen molar-refractivity contribution in [1.82, 2.24) is 0 Å². The SMILES string of the molecule is NC(=O)CCC(N)C(=O)O.O=P(O)(O)O[C@H]1[C@H](O)[C@@H](CO)O[C@@]1(CO)O[C@H]1O[C@H](CO)[C@@H](O)[C@H](O)[C@H]1O. The minimum Gasteiger partial charge on any atom is -0.480 e. The number of carboxylic acids is 1. The third-order valence-corrected chi connectivity index (χ3v) is 5.81. The van der Waals surface area contributed by atoms with Gasteiger partial charge in [0.1, 0.15) is 49.3 Å². The third-order valence-electron chi connectivity index (χ3n) is 5.31. The average molecular weight is 568 g/mol. The average Bonchev–Trinajstić information content (AvgIpc) is 3.08. The van der Waals surface area contributed by atoms with Crippen molar-refractivity contribution in [2.24, 2.45) is 11.5 Å². The number of aliphatic carboxylic acids is 1. The Balaban J connectivity index is 0.000000580. The summed E-state index contributed by atoms with van der Waals surface area (Å²) in [6.07, 6.45) is -14.0. The van der Waals surface area contributed by atoms with Gasteiger partial charge < -0.3 is 76.3 Å². The first-order valence-corrected chi connectivity index (χ1v) is 12.1. The first-order valence-electron chi connectivity index (χ1n) is 10.6. The van der Waals surface area contributed by atoms with Gasteiger partial charge in [-0.1, -0.05) is 0 Å². The van der Waals surface area contributed by atoms with E-state index in [0.717, 1.165) is 0 Å². The number of nitrogens with two attached hydrogens (primary N) is 2. The first-order chi connectivity index (χ1) is 17.0. The largest absolute Gasteiger partial charge is 0.480 e. The van der Waals surface area contributed by atoms with Crippen molar-refractivity contribution in [2.45, 2.75) is 73.7 Å². The number of carbonyl (C=O) groups excluding carboxylic acids is 1. The van der Waals surface area contributed by atoms with Crippen LogP contribution in [0.1, 0.15) is 12.8 Å². The molecule has 14 N–H and O–H groups in total. The number of aliphatic hydroxyl groups excluding tert-OH is 7. The van der Waals surface area contributed by atoms with Gasteiger partial charge in [-0.15, -0.1) is 0 Å². The fourth-order valence-electron chi connectivity index (χ4n) is 3.33.